The van der Waals surface area contributed by atoms with Crippen molar-refractivity contribution >= 4 is 11.2 Å². The Morgan fingerprint density at radius 3 is 2.00 bits per heavy atom. The lowest BCUT2D eigenvalue weighted by Crippen LogP contribution is -2.16. The van der Waals surface area contributed by atoms with E-state index in [0.29, 0.717) is 11.8 Å². The lowest BCUT2D eigenvalue weighted by atomic mass is 10.2. The van der Waals surface area contributed by atoms with E-state index in [1.54, 1.807) is 0 Å². The summed E-state index contributed by atoms with van der Waals surface area (Å²) in [5, 5.41) is 0. The van der Waals surface area contributed by atoms with Gasteiger partial charge in [0.25, 0.3) is 0 Å². The van der Waals surface area contributed by atoms with Crippen molar-refractivity contribution < 1.29 is 4.55 Å². The quantitative estimate of drug-likeness (QED) is 0.590. The summed E-state index contributed by atoms with van der Waals surface area (Å²) < 4.78 is 11.3. The third-order valence-corrected chi connectivity index (χ3v) is 3.17. The van der Waals surface area contributed by atoms with Crippen LogP contribution in [0.2, 0.25) is 0 Å². The molecule has 0 saturated carbocycles. The Kier molecular flexibility index (Phi) is 6.06. The van der Waals surface area contributed by atoms with Crippen molar-refractivity contribution in [1.82, 2.24) is 0 Å². The Labute approximate surface area is 73.8 Å². The molecule has 0 aromatic heterocycles. The zero-order valence-corrected chi connectivity index (χ0v) is 8.91. The third-order valence-electron chi connectivity index (χ3n) is 1.44. The maximum Gasteiger partial charge on any atom is 0.107 e. The number of rotatable bonds is 5. The smallest absolute Gasteiger partial charge is 0.107 e. The van der Waals surface area contributed by atoms with E-state index in [9.17, 15) is 4.55 Å². The van der Waals surface area contributed by atoms with Crippen molar-refractivity contribution in [3.63, 3.8) is 0 Å². The summed E-state index contributed by atoms with van der Waals surface area (Å²) in [6.07, 6.45) is 1.10. The fourth-order valence-corrected chi connectivity index (χ4v) is 2.47. The summed E-state index contributed by atoms with van der Waals surface area (Å²) >= 11 is -0.571. The molecule has 1 unspecified atom stereocenters. The van der Waals surface area contributed by atoms with Crippen LogP contribution in [0.4, 0.5) is 0 Å². The molecule has 0 N–H and O–H groups in total. The van der Waals surface area contributed by atoms with Crippen LogP contribution in [0.25, 0.3) is 0 Å². The van der Waals surface area contributed by atoms with Crippen molar-refractivity contribution in [2.45, 2.75) is 34.1 Å². The van der Waals surface area contributed by atoms with Crippen LogP contribution in [0.15, 0.2) is 0 Å². The average Bonchev–Trinajstić information content (AvgIpc) is 1.82. The maximum absolute atomic E-state index is 11.3. The second-order valence-corrected chi connectivity index (χ2v) is 5.51. The molecule has 0 spiro atoms. The first-order valence-corrected chi connectivity index (χ1v) is 5.86. The highest BCUT2D eigenvalue weighted by atomic mass is 32.2. The van der Waals surface area contributed by atoms with E-state index < -0.39 is 11.2 Å². The molecule has 11 heavy (non-hydrogen) atoms. The first-order valence-electron chi connectivity index (χ1n) is 4.37. The minimum Gasteiger partial charge on any atom is -0.616 e. The van der Waals surface area contributed by atoms with E-state index in [4.69, 9.17) is 0 Å². The van der Waals surface area contributed by atoms with E-state index in [-0.39, 0.29) is 0 Å². The lowest BCUT2D eigenvalue weighted by molar-refractivity contribution is 0.563. The van der Waals surface area contributed by atoms with Crippen molar-refractivity contribution in [2.75, 3.05) is 11.5 Å². The highest BCUT2D eigenvalue weighted by Gasteiger charge is 2.09. The van der Waals surface area contributed by atoms with Crippen molar-refractivity contribution in [1.29, 1.82) is 0 Å². The van der Waals surface area contributed by atoms with Gasteiger partial charge in [0, 0.05) is 0 Å². The highest BCUT2D eigenvalue weighted by Crippen LogP contribution is 2.06. The van der Waals surface area contributed by atoms with E-state index in [1.165, 1.54) is 0 Å². The molecule has 0 amide bonds. The SMILES string of the molecule is CC(C)CC[S+]([O-])CC(C)C. The summed E-state index contributed by atoms with van der Waals surface area (Å²) in [6, 6.07) is 0. The molecule has 0 aliphatic rings. The van der Waals surface area contributed by atoms with Gasteiger partial charge in [-0.3, -0.25) is 0 Å². The number of hydrogen-bond acceptors (Lipinski definition) is 1. The minimum atomic E-state index is -0.571. The van der Waals surface area contributed by atoms with Crippen molar-refractivity contribution in [3.8, 4) is 0 Å². The molecule has 1 nitrogen and oxygen atoms in total. The summed E-state index contributed by atoms with van der Waals surface area (Å²) in [5.74, 6) is 3.01. The van der Waals surface area contributed by atoms with E-state index in [1.807, 2.05) is 0 Å². The van der Waals surface area contributed by atoms with E-state index in [0.717, 1.165) is 17.9 Å². The van der Waals surface area contributed by atoms with E-state index in [2.05, 4.69) is 27.7 Å². The maximum atomic E-state index is 11.3. The van der Waals surface area contributed by atoms with E-state index >= 15 is 0 Å². The van der Waals surface area contributed by atoms with Crippen LogP contribution < -0.4 is 0 Å². The number of hydrogen-bond donors (Lipinski definition) is 0. The lowest BCUT2D eigenvalue weighted by Gasteiger charge is -2.13. The van der Waals surface area contributed by atoms with Gasteiger partial charge in [0.1, 0.15) is 11.5 Å². The van der Waals surface area contributed by atoms with Gasteiger partial charge in [-0.05, 0) is 18.3 Å². The minimum absolute atomic E-state index is 0.571. The molecular formula is C9H20OS. The van der Waals surface area contributed by atoms with Gasteiger partial charge in [0.05, 0.1) is 0 Å². The van der Waals surface area contributed by atoms with Crippen LogP contribution in [-0.2, 0) is 11.2 Å². The predicted octanol–water partition coefficient (Wildman–Crippen LogP) is 2.44. The summed E-state index contributed by atoms with van der Waals surface area (Å²) in [7, 11) is 0. The molecule has 0 saturated heterocycles. The second-order valence-electron chi connectivity index (χ2n) is 3.89. The van der Waals surface area contributed by atoms with Gasteiger partial charge in [-0.15, -0.1) is 0 Å². The normalized spacial score (nSPS) is 14.5. The van der Waals surface area contributed by atoms with Gasteiger partial charge in [-0.1, -0.05) is 38.9 Å². The fraction of sp³-hybridized carbons (Fsp3) is 1.00. The molecule has 0 fully saturated rings. The zero-order valence-electron chi connectivity index (χ0n) is 8.09. The van der Waals surface area contributed by atoms with Crippen LogP contribution in [0, 0.1) is 11.8 Å². The third kappa shape index (κ3) is 8.21. The largest absolute Gasteiger partial charge is 0.616 e. The van der Waals surface area contributed by atoms with Gasteiger partial charge in [0.2, 0.25) is 0 Å². The van der Waals surface area contributed by atoms with Gasteiger partial charge >= 0.3 is 0 Å². The second kappa shape index (κ2) is 5.90. The molecule has 2 heteroatoms. The summed E-state index contributed by atoms with van der Waals surface area (Å²) in [4.78, 5) is 0. The van der Waals surface area contributed by atoms with Gasteiger partial charge in [-0.2, -0.15) is 0 Å². The molecule has 0 aromatic carbocycles. The van der Waals surface area contributed by atoms with Crippen LogP contribution in [0.3, 0.4) is 0 Å². The van der Waals surface area contributed by atoms with Crippen LogP contribution in [0.5, 0.6) is 0 Å². The monoisotopic (exact) mass is 176 g/mol. The van der Waals surface area contributed by atoms with Crippen molar-refractivity contribution in [3.05, 3.63) is 0 Å². The standard InChI is InChI=1S/C9H20OS/c1-8(2)5-6-11(10)7-9(3)4/h8-9H,5-7H2,1-4H3. The molecule has 0 aliphatic carbocycles. The molecule has 0 radical (unpaired) electrons. The molecule has 0 aromatic rings. The fourth-order valence-electron chi connectivity index (χ4n) is 0.822. The topological polar surface area (TPSA) is 23.1 Å². The Morgan fingerprint density at radius 1 is 1.09 bits per heavy atom. The van der Waals surface area contributed by atoms with Crippen LogP contribution in [0.1, 0.15) is 34.1 Å². The summed E-state index contributed by atoms with van der Waals surface area (Å²) in [5.41, 5.74) is 0. The average molecular weight is 176 g/mol. The Morgan fingerprint density at radius 2 is 1.64 bits per heavy atom. The molecule has 1 atom stereocenters. The molecule has 0 bridgehead atoms. The summed E-state index contributed by atoms with van der Waals surface area (Å²) in [6.45, 7) is 8.58. The molecular weight excluding hydrogens is 156 g/mol. The van der Waals surface area contributed by atoms with Gasteiger partial charge < -0.3 is 4.55 Å². The Bertz CT molecular complexity index is 91.6. The Hall–Kier alpha value is 0.310. The molecule has 0 heterocycles. The van der Waals surface area contributed by atoms with Crippen LogP contribution >= 0.6 is 0 Å². The van der Waals surface area contributed by atoms with Gasteiger partial charge in [-0.25, -0.2) is 0 Å². The zero-order chi connectivity index (χ0) is 8.85. The van der Waals surface area contributed by atoms with Crippen molar-refractivity contribution in [2.24, 2.45) is 11.8 Å². The van der Waals surface area contributed by atoms with Crippen LogP contribution in [-0.4, -0.2) is 16.1 Å². The first-order chi connectivity index (χ1) is 5.02. The molecule has 0 aliphatic heterocycles. The predicted molar refractivity (Wildman–Crippen MR) is 52.2 cm³/mol. The molecule has 0 rings (SSSR count). The Balaban J connectivity index is 3.29. The highest BCUT2D eigenvalue weighted by molar-refractivity contribution is 7.91. The van der Waals surface area contributed by atoms with Gasteiger partial charge in [0.15, 0.2) is 0 Å². The molecule has 68 valence electrons. The first kappa shape index (κ1) is 11.3.